The summed E-state index contributed by atoms with van der Waals surface area (Å²) < 4.78 is 1.89. The summed E-state index contributed by atoms with van der Waals surface area (Å²) in [5, 5.41) is 0. The van der Waals surface area contributed by atoms with Gasteiger partial charge in [-0.2, -0.15) is 0 Å². The lowest BCUT2D eigenvalue weighted by molar-refractivity contribution is -0.120. The number of hydrogen-bond acceptors (Lipinski definition) is 2. The van der Waals surface area contributed by atoms with Crippen molar-refractivity contribution in [2.24, 2.45) is 7.05 Å². The van der Waals surface area contributed by atoms with E-state index in [2.05, 4.69) is 4.98 Å². The van der Waals surface area contributed by atoms with Gasteiger partial charge in [-0.3, -0.25) is 4.79 Å². The lowest BCUT2D eigenvalue weighted by Crippen LogP contribution is -2.12. The van der Waals surface area contributed by atoms with Gasteiger partial charge in [-0.25, -0.2) is 4.98 Å². The van der Waals surface area contributed by atoms with Gasteiger partial charge < -0.3 is 4.57 Å². The summed E-state index contributed by atoms with van der Waals surface area (Å²) in [6.45, 7) is 3.77. The number of Topliss-reactive ketones (excluding diaryl/α,β-unsaturated/α-hetero) is 1. The topological polar surface area (TPSA) is 34.9 Å². The summed E-state index contributed by atoms with van der Waals surface area (Å²) in [4.78, 5) is 15.4. The molecule has 3 nitrogen and oxygen atoms in total. The van der Waals surface area contributed by atoms with E-state index in [1.807, 2.05) is 31.7 Å². The molecule has 1 unspecified atom stereocenters. The second-order valence-corrected chi connectivity index (χ2v) is 2.94. The summed E-state index contributed by atoms with van der Waals surface area (Å²) in [6, 6.07) is 0. The van der Waals surface area contributed by atoms with Crippen LogP contribution in [0.15, 0.2) is 12.4 Å². The SMILES string of the molecule is CCC(=O)C(C)c1nccn1C. The van der Waals surface area contributed by atoms with Crippen molar-refractivity contribution in [1.29, 1.82) is 0 Å². The number of aromatic nitrogens is 2. The highest BCUT2D eigenvalue weighted by atomic mass is 16.1. The highest BCUT2D eigenvalue weighted by Crippen LogP contribution is 2.14. The molecule has 1 atom stereocenters. The third kappa shape index (κ3) is 1.55. The van der Waals surface area contributed by atoms with E-state index in [1.165, 1.54) is 0 Å². The minimum Gasteiger partial charge on any atom is -0.337 e. The third-order valence-electron chi connectivity index (χ3n) is 2.08. The first-order valence-corrected chi connectivity index (χ1v) is 4.16. The van der Waals surface area contributed by atoms with Gasteiger partial charge in [0.25, 0.3) is 0 Å². The molecule has 0 saturated heterocycles. The summed E-state index contributed by atoms with van der Waals surface area (Å²) in [5.74, 6) is 1.01. The Hall–Kier alpha value is -1.12. The Bertz CT molecular complexity index is 278. The van der Waals surface area contributed by atoms with E-state index in [0.717, 1.165) is 5.82 Å². The van der Waals surface area contributed by atoms with Gasteiger partial charge in [0.15, 0.2) is 0 Å². The van der Waals surface area contributed by atoms with Crippen LogP contribution in [0.3, 0.4) is 0 Å². The number of ketones is 1. The molecule has 0 aliphatic rings. The highest BCUT2D eigenvalue weighted by Gasteiger charge is 2.16. The molecule has 66 valence electrons. The molecule has 0 amide bonds. The number of nitrogens with zero attached hydrogens (tertiary/aromatic N) is 2. The van der Waals surface area contributed by atoms with Crippen LogP contribution in [-0.4, -0.2) is 15.3 Å². The van der Waals surface area contributed by atoms with Crippen LogP contribution in [0.5, 0.6) is 0 Å². The molecule has 0 fully saturated rings. The predicted octanol–water partition coefficient (Wildman–Crippen LogP) is 1.50. The van der Waals surface area contributed by atoms with E-state index < -0.39 is 0 Å². The van der Waals surface area contributed by atoms with Crippen LogP contribution in [-0.2, 0) is 11.8 Å². The Morgan fingerprint density at radius 3 is 2.83 bits per heavy atom. The van der Waals surface area contributed by atoms with Crippen LogP contribution in [0.1, 0.15) is 32.0 Å². The summed E-state index contributed by atoms with van der Waals surface area (Å²) >= 11 is 0. The summed E-state index contributed by atoms with van der Waals surface area (Å²) in [5.41, 5.74) is 0. The van der Waals surface area contributed by atoms with Gasteiger partial charge in [0.05, 0.1) is 5.92 Å². The molecule has 1 heterocycles. The second-order valence-electron chi connectivity index (χ2n) is 2.94. The minimum atomic E-state index is -0.0741. The largest absolute Gasteiger partial charge is 0.337 e. The molecule has 3 heteroatoms. The monoisotopic (exact) mass is 166 g/mol. The molecule has 12 heavy (non-hydrogen) atoms. The van der Waals surface area contributed by atoms with Gasteiger partial charge >= 0.3 is 0 Å². The summed E-state index contributed by atoms with van der Waals surface area (Å²) in [6.07, 6.45) is 4.15. The number of rotatable bonds is 3. The first kappa shape index (κ1) is 8.97. The Kier molecular flexibility index (Phi) is 2.63. The lowest BCUT2D eigenvalue weighted by Gasteiger charge is -2.08. The van der Waals surface area contributed by atoms with Crippen molar-refractivity contribution >= 4 is 5.78 Å². The quantitative estimate of drug-likeness (QED) is 0.682. The average molecular weight is 166 g/mol. The Morgan fingerprint density at radius 1 is 1.75 bits per heavy atom. The Labute approximate surface area is 72.4 Å². The van der Waals surface area contributed by atoms with Crippen molar-refractivity contribution in [2.75, 3.05) is 0 Å². The van der Waals surface area contributed by atoms with Gasteiger partial charge in [0, 0.05) is 25.9 Å². The van der Waals surface area contributed by atoms with Crippen molar-refractivity contribution in [3.8, 4) is 0 Å². The van der Waals surface area contributed by atoms with Crippen LogP contribution in [0.2, 0.25) is 0 Å². The molecule has 0 radical (unpaired) electrons. The molecule has 1 aromatic rings. The minimum absolute atomic E-state index is 0.0741. The van der Waals surface area contributed by atoms with E-state index in [9.17, 15) is 4.79 Å². The standard InChI is InChI=1S/C9H14N2O/c1-4-8(12)7(2)9-10-5-6-11(9)3/h5-7H,4H2,1-3H3. The van der Waals surface area contributed by atoms with Gasteiger partial charge in [0.1, 0.15) is 11.6 Å². The fourth-order valence-corrected chi connectivity index (χ4v) is 1.24. The fourth-order valence-electron chi connectivity index (χ4n) is 1.24. The second kappa shape index (κ2) is 3.52. The van der Waals surface area contributed by atoms with E-state index in [4.69, 9.17) is 0 Å². The van der Waals surface area contributed by atoms with E-state index in [0.29, 0.717) is 6.42 Å². The molecule has 0 aliphatic carbocycles. The maximum atomic E-state index is 11.3. The lowest BCUT2D eigenvalue weighted by atomic mass is 10.0. The van der Waals surface area contributed by atoms with Gasteiger partial charge in [-0.05, 0) is 6.92 Å². The number of carbonyl (C=O) groups is 1. The first-order valence-electron chi connectivity index (χ1n) is 4.16. The zero-order valence-electron chi connectivity index (χ0n) is 7.74. The van der Waals surface area contributed by atoms with E-state index in [1.54, 1.807) is 6.20 Å². The molecule has 0 aromatic carbocycles. The smallest absolute Gasteiger partial charge is 0.142 e. The van der Waals surface area contributed by atoms with Crippen molar-refractivity contribution in [1.82, 2.24) is 9.55 Å². The van der Waals surface area contributed by atoms with Crippen LogP contribution in [0, 0.1) is 0 Å². The van der Waals surface area contributed by atoms with Gasteiger partial charge in [0.2, 0.25) is 0 Å². The van der Waals surface area contributed by atoms with Gasteiger partial charge in [-0.15, -0.1) is 0 Å². The maximum absolute atomic E-state index is 11.3. The zero-order valence-corrected chi connectivity index (χ0v) is 7.74. The highest BCUT2D eigenvalue weighted by molar-refractivity contribution is 5.84. The van der Waals surface area contributed by atoms with E-state index >= 15 is 0 Å². The molecule has 0 bridgehead atoms. The van der Waals surface area contributed by atoms with Crippen LogP contribution >= 0.6 is 0 Å². The average Bonchev–Trinajstić information content (AvgIpc) is 2.48. The number of hydrogen-bond donors (Lipinski definition) is 0. The van der Waals surface area contributed by atoms with Crippen LogP contribution < -0.4 is 0 Å². The Morgan fingerprint density at radius 2 is 2.42 bits per heavy atom. The van der Waals surface area contributed by atoms with Crippen LogP contribution in [0.25, 0.3) is 0 Å². The molecule has 1 rings (SSSR count). The van der Waals surface area contributed by atoms with Crippen LogP contribution in [0.4, 0.5) is 0 Å². The fraction of sp³-hybridized carbons (Fsp3) is 0.556. The molecule has 0 saturated carbocycles. The van der Waals surface area contributed by atoms with Crippen molar-refractivity contribution < 1.29 is 4.79 Å². The number of aryl methyl sites for hydroxylation is 1. The third-order valence-corrected chi connectivity index (χ3v) is 2.08. The van der Waals surface area contributed by atoms with Crippen molar-refractivity contribution in [3.05, 3.63) is 18.2 Å². The molecular weight excluding hydrogens is 152 g/mol. The molecule has 0 N–H and O–H groups in total. The predicted molar refractivity (Wildman–Crippen MR) is 46.9 cm³/mol. The molecule has 0 spiro atoms. The normalized spacial score (nSPS) is 12.9. The molecular formula is C9H14N2O. The zero-order chi connectivity index (χ0) is 9.14. The van der Waals surface area contributed by atoms with Crippen molar-refractivity contribution in [2.45, 2.75) is 26.2 Å². The molecule has 1 aromatic heterocycles. The maximum Gasteiger partial charge on any atom is 0.142 e. The first-order chi connectivity index (χ1) is 5.66. The Balaban J connectivity index is 2.84. The molecule has 0 aliphatic heterocycles. The summed E-state index contributed by atoms with van der Waals surface area (Å²) in [7, 11) is 1.90. The van der Waals surface area contributed by atoms with Gasteiger partial charge in [-0.1, -0.05) is 6.92 Å². The number of imidazole rings is 1. The van der Waals surface area contributed by atoms with Crippen molar-refractivity contribution in [3.63, 3.8) is 0 Å². The van der Waals surface area contributed by atoms with E-state index in [-0.39, 0.29) is 11.7 Å². The number of carbonyl (C=O) groups excluding carboxylic acids is 1.